The van der Waals surface area contributed by atoms with Crippen molar-refractivity contribution in [2.45, 2.75) is 25.8 Å². The largest absolute Gasteiger partial charge is 0.497 e. The third-order valence-electron chi connectivity index (χ3n) is 5.80. The normalized spacial score (nSPS) is 11.2. The fourth-order valence-corrected chi connectivity index (χ4v) is 3.81. The van der Waals surface area contributed by atoms with E-state index in [0.29, 0.717) is 28.2 Å². The minimum Gasteiger partial charge on any atom is -0.497 e. The molecule has 0 amide bonds. The summed E-state index contributed by atoms with van der Waals surface area (Å²) >= 11 is 12.2. The van der Waals surface area contributed by atoms with Crippen LogP contribution in [0.2, 0.25) is 10.0 Å². The molecule has 8 heteroatoms. The molecule has 1 unspecified atom stereocenters. The molecule has 0 saturated heterocycles. The maximum absolute atomic E-state index is 9.55. The second-order valence-corrected chi connectivity index (χ2v) is 9.50. The van der Waals surface area contributed by atoms with Crippen LogP contribution in [0.4, 0.5) is 0 Å². The lowest BCUT2D eigenvalue weighted by atomic mass is 9.99. The van der Waals surface area contributed by atoms with Crippen molar-refractivity contribution in [3.63, 3.8) is 0 Å². The number of nitrogens with zero attached hydrogens (tertiary/aromatic N) is 1. The zero-order valence-corrected chi connectivity index (χ0v) is 23.5. The van der Waals surface area contributed by atoms with E-state index in [1.165, 1.54) is 11.1 Å². The number of benzene rings is 3. The highest BCUT2D eigenvalue weighted by Crippen LogP contribution is 2.23. The lowest BCUT2D eigenvalue weighted by Crippen LogP contribution is -2.32. The molecule has 1 atom stereocenters. The third kappa shape index (κ3) is 11.7. The van der Waals surface area contributed by atoms with Crippen LogP contribution in [0.3, 0.4) is 0 Å². The Hall–Kier alpha value is -3.76. The topological polar surface area (TPSA) is 87.1 Å². The summed E-state index contributed by atoms with van der Waals surface area (Å²) in [6.45, 7) is 3.16. The molecule has 6 nitrogen and oxygen atoms in total. The Morgan fingerprint density at radius 2 is 1.62 bits per heavy atom. The number of carboxylic acids is 2. The molecule has 3 rings (SSSR count). The maximum atomic E-state index is 9.55. The van der Waals surface area contributed by atoms with Crippen LogP contribution in [-0.4, -0.2) is 53.8 Å². The van der Waals surface area contributed by atoms with Crippen LogP contribution in [-0.2, 0) is 22.4 Å². The van der Waals surface area contributed by atoms with Crippen molar-refractivity contribution in [1.29, 1.82) is 0 Å². The molecule has 0 aromatic heterocycles. The monoisotopic (exact) mass is 567 g/mol. The summed E-state index contributed by atoms with van der Waals surface area (Å²) in [5.41, 5.74) is 4.42. The van der Waals surface area contributed by atoms with Crippen molar-refractivity contribution < 1.29 is 24.5 Å². The van der Waals surface area contributed by atoms with Gasteiger partial charge in [-0.05, 0) is 80.4 Å². The molecule has 2 N–H and O–H groups in total. The molecular weight excluding hydrogens is 537 g/mol. The molecule has 204 valence electrons. The van der Waals surface area contributed by atoms with Gasteiger partial charge in [-0.3, -0.25) is 0 Å². The van der Waals surface area contributed by atoms with E-state index in [2.05, 4.69) is 36.8 Å². The highest BCUT2D eigenvalue weighted by atomic mass is 35.5. The Labute approximate surface area is 239 Å². The van der Waals surface area contributed by atoms with E-state index in [9.17, 15) is 9.59 Å². The van der Waals surface area contributed by atoms with Gasteiger partial charge in [-0.1, -0.05) is 59.3 Å². The number of halogens is 2. The first-order valence-electron chi connectivity index (χ1n) is 12.1. The summed E-state index contributed by atoms with van der Waals surface area (Å²) in [4.78, 5) is 21.5. The number of carboxylic acid groups (broad SMARTS) is 2. The Balaban J connectivity index is 0.000000580. The first kappa shape index (κ1) is 31.5. The Bertz CT molecular complexity index is 1330. The number of rotatable bonds is 9. The number of hydrogen-bond donors (Lipinski definition) is 2. The maximum Gasteiger partial charge on any atom is 0.328 e. The van der Waals surface area contributed by atoms with Crippen LogP contribution in [0.15, 0.2) is 78.9 Å². The predicted molar refractivity (Wildman–Crippen MR) is 156 cm³/mol. The van der Waals surface area contributed by atoms with Crippen molar-refractivity contribution in [1.82, 2.24) is 4.90 Å². The van der Waals surface area contributed by atoms with Gasteiger partial charge in [-0.25, -0.2) is 9.59 Å². The van der Waals surface area contributed by atoms with E-state index >= 15 is 0 Å². The zero-order chi connectivity index (χ0) is 28.8. The van der Waals surface area contributed by atoms with Crippen molar-refractivity contribution in [2.75, 3.05) is 20.7 Å². The number of carbonyl (C=O) groups is 2. The highest BCUT2D eigenvalue weighted by Gasteiger charge is 2.13. The van der Waals surface area contributed by atoms with Crippen LogP contribution in [0.1, 0.15) is 29.2 Å². The second kappa shape index (κ2) is 16.3. The summed E-state index contributed by atoms with van der Waals surface area (Å²) in [6.07, 6.45) is 2.91. The van der Waals surface area contributed by atoms with Gasteiger partial charge >= 0.3 is 11.9 Å². The molecule has 0 spiro atoms. The number of ether oxygens (including phenoxy) is 1. The minimum absolute atomic E-state index is 0.340. The number of hydrogen-bond acceptors (Lipinski definition) is 4. The number of methoxy groups -OCH3 is 1. The van der Waals surface area contributed by atoms with E-state index in [1.807, 2.05) is 60.7 Å². The zero-order valence-electron chi connectivity index (χ0n) is 22.0. The van der Waals surface area contributed by atoms with E-state index in [0.717, 1.165) is 36.3 Å². The smallest absolute Gasteiger partial charge is 0.328 e. The number of aliphatic carboxylic acids is 2. The van der Waals surface area contributed by atoms with Crippen LogP contribution in [0.5, 0.6) is 5.75 Å². The van der Waals surface area contributed by atoms with Gasteiger partial charge in [0.05, 0.1) is 17.2 Å². The van der Waals surface area contributed by atoms with Crippen LogP contribution in [0.25, 0.3) is 0 Å². The molecule has 0 heterocycles. The lowest BCUT2D eigenvalue weighted by Gasteiger charge is -2.25. The molecule has 0 radical (unpaired) electrons. The summed E-state index contributed by atoms with van der Waals surface area (Å²) in [5.74, 6) is 4.95. The lowest BCUT2D eigenvalue weighted by molar-refractivity contribution is -0.134. The molecular formula is C31H31Cl2NO5. The fourth-order valence-electron chi connectivity index (χ4n) is 3.49. The van der Waals surface area contributed by atoms with Crippen LogP contribution < -0.4 is 4.74 Å². The molecule has 3 aromatic rings. The molecule has 3 aromatic carbocycles. The van der Waals surface area contributed by atoms with Gasteiger partial charge in [-0.2, -0.15) is 0 Å². The quantitative estimate of drug-likeness (QED) is 0.236. The van der Waals surface area contributed by atoms with Gasteiger partial charge in [0.1, 0.15) is 5.75 Å². The van der Waals surface area contributed by atoms with E-state index in [1.54, 1.807) is 7.11 Å². The van der Waals surface area contributed by atoms with Crippen molar-refractivity contribution in [2.24, 2.45) is 0 Å². The average molecular weight is 568 g/mol. The molecule has 0 bridgehead atoms. The minimum atomic E-state index is -1.26. The second-order valence-electron chi connectivity index (χ2n) is 8.68. The first-order valence-corrected chi connectivity index (χ1v) is 12.9. The molecule has 39 heavy (non-hydrogen) atoms. The van der Waals surface area contributed by atoms with Crippen molar-refractivity contribution in [3.8, 4) is 17.6 Å². The predicted octanol–water partition coefficient (Wildman–Crippen LogP) is 6.22. The van der Waals surface area contributed by atoms with E-state index in [-0.39, 0.29) is 0 Å². The van der Waals surface area contributed by atoms with E-state index < -0.39 is 11.9 Å². The van der Waals surface area contributed by atoms with Gasteiger partial charge in [0.15, 0.2) is 0 Å². The molecule has 0 saturated carbocycles. The summed E-state index contributed by atoms with van der Waals surface area (Å²) in [5, 5.41) is 16.8. The third-order valence-corrected chi connectivity index (χ3v) is 6.54. The SMILES string of the molecule is COc1ccc(C#Cc2ccccc2)c(CC(C)N(C)CCc2ccc(Cl)c(Cl)c2)c1.O=C(O)/C=C/C(=O)O. The number of likely N-dealkylation sites (N-methyl/N-ethyl adjacent to an activating group) is 1. The van der Waals surface area contributed by atoms with Gasteiger partial charge in [-0.15, -0.1) is 0 Å². The van der Waals surface area contributed by atoms with Crippen LogP contribution in [0, 0.1) is 11.8 Å². The Kier molecular flexibility index (Phi) is 13.1. The summed E-state index contributed by atoms with van der Waals surface area (Å²) in [7, 11) is 3.85. The summed E-state index contributed by atoms with van der Waals surface area (Å²) in [6, 6.07) is 22.3. The molecule has 0 aliphatic heterocycles. The Morgan fingerprint density at radius 1 is 0.949 bits per heavy atom. The molecule has 0 fully saturated rings. The van der Waals surface area contributed by atoms with Crippen LogP contribution >= 0.6 is 23.2 Å². The van der Waals surface area contributed by atoms with Crippen molar-refractivity contribution >= 4 is 35.1 Å². The van der Waals surface area contributed by atoms with Gasteiger partial charge in [0.2, 0.25) is 0 Å². The summed E-state index contributed by atoms with van der Waals surface area (Å²) < 4.78 is 5.46. The van der Waals surface area contributed by atoms with Gasteiger partial charge in [0, 0.05) is 35.9 Å². The van der Waals surface area contributed by atoms with Gasteiger partial charge in [0.25, 0.3) is 0 Å². The Morgan fingerprint density at radius 3 is 2.21 bits per heavy atom. The molecule has 0 aliphatic rings. The standard InChI is InChI=1S/C27H27Cl2NO.C4H4O4/c1-20(30(2)16-15-22-10-14-26(28)27(29)18-22)17-24-19-25(31-3)13-12-23(24)11-9-21-7-5-4-6-8-21;5-3(6)1-2-4(7)8/h4-8,10,12-14,18-20H,15-17H2,1-3H3;1-2H,(H,5,6)(H,7,8)/b;2-1+. The highest BCUT2D eigenvalue weighted by molar-refractivity contribution is 6.42. The van der Waals surface area contributed by atoms with Crippen molar-refractivity contribution in [3.05, 3.63) is 111 Å². The average Bonchev–Trinajstić information content (AvgIpc) is 2.92. The molecule has 0 aliphatic carbocycles. The van der Waals surface area contributed by atoms with E-state index in [4.69, 9.17) is 38.2 Å². The first-order chi connectivity index (χ1) is 18.6. The van der Waals surface area contributed by atoms with Gasteiger partial charge < -0.3 is 19.8 Å². The fraction of sp³-hybridized carbons (Fsp3) is 0.226.